The molecule has 0 spiro atoms. The molecule has 17 heavy (non-hydrogen) atoms. The van der Waals surface area contributed by atoms with Crippen molar-refractivity contribution in [3.05, 3.63) is 17.5 Å². The molecule has 0 bridgehead atoms. The van der Waals surface area contributed by atoms with E-state index in [0.29, 0.717) is 18.0 Å². The van der Waals surface area contributed by atoms with Gasteiger partial charge >= 0.3 is 5.97 Å². The number of aromatic nitrogens is 2. The molecule has 5 nitrogen and oxygen atoms in total. The van der Waals surface area contributed by atoms with Crippen LogP contribution in [-0.2, 0) is 11.8 Å². The van der Waals surface area contributed by atoms with Crippen LogP contribution in [0.15, 0.2) is 6.20 Å². The van der Waals surface area contributed by atoms with E-state index in [0.717, 1.165) is 5.69 Å². The molecule has 1 fully saturated rings. The first-order chi connectivity index (χ1) is 7.95. The van der Waals surface area contributed by atoms with Crippen LogP contribution in [0.25, 0.3) is 0 Å². The molecule has 1 aromatic rings. The van der Waals surface area contributed by atoms with E-state index in [4.69, 9.17) is 10.5 Å². The summed E-state index contributed by atoms with van der Waals surface area (Å²) in [6.45, 7) is 4.97. The fourth-order valence-electron chi connectivity index (χ4n) is 2.81. The Morgan fingerprint density at radius 1 is 1.65 bits per heavy atom. The Bertz CT molecular complexity index is 451. The number of nitrogens with zero attached hydrogens (tertiary/aromatic N) is 2. The molecule has 0 saturated heterocycles. The van der Waals surface area contributed by atoms with E-state index in [-0.39, 0.29) is 17.3 Å². The first-order valence-electron chi connectivity index (χ1n) is 5.75. The number of ether oxygens (including phenoxy) is 1. The molecule has 1 aliphatic rings. The first-order valence-corrected chi connectivity index (χ1v) is 5.75. The highest BCUT2D eigenvalue weighted by molar-refractivity contribution is 5.90. The van der Waals surface area contributed by atoms with Gasteiger partial charge in [-0.25, -0.2) is 4.79 Å². The van der Waals surface area contributed by atoms with E-state index in [1.54, 1.807) is 10.9 Å². The lowest BCUT2D eigenvalue weighted by Crippen LogP contribution is -2.09. The first kappa shape index (κ1) is 12.1. The van der Waals surface area contributed by atoms with Gasteiger partial charge in [0.15, 0.2) is 0 Å². The number of esters is 1. The summed E-state index contributed by atoms with van der Waals surface area (Å²) in [5.74, 6) is 0.363. The molecule has 0 aliphatic heterocycles. The summed E-state index contributed by atoms with van der Waals surface area (Å²) < 4.78 is 6.54. The fraction of sp³-hybridized carbons (Fsp3) is 0.667. The maximum atomic E-state index is 11.7. The zero-order valence-corrected chi connectivity index (χ0v) is 10.7. The molecule has 2 N–H and O–H groups in total. The van der Waals surface area contributed by atoms with E-state index in [1.807, 2.05) is 7.05 Å². The van der Waals surface area contributed by atoms with Crippen molar-refractivity contribution in [2.45, 2.75) is 19.8 Å². The van der Waals surface area contributed by atoms with Crippen LogP contribution in [-0.4, -0.2) is 29.4 Å². The van der Waals surface area contributed by atoms with Crippen molar-refractivity contribution >= 4 is 5.97 Å². The van der Waals surface area contributed by atoms with Crippen LogP contribution in [0.2, 0.25) is 0 Å². The smallest absolute Gasteiger partial charge is 0.341 e. The largest absolute Gasteiger partial charge is 0.465 e. The van der Waals surface area contributed by atoms with Crippen molar-refractivity contribution in [3.8, 4) is 0 Å². The lowest BCUT2D eigenvalue weighted by molar-refractivity contribution is 0.0599. The number of rotatable bonds is 3. The van der Waals surface area contributed by atoms with Gasteiger partial charge in [0.2, 0.25) is 0 Å². The number of nitrogens with two attached hydrogens (primary N) is 1. The van der Waals surface area contributed by atoms with Crippen molar-refractivity contribution in [1.82, 2.24) is 9.78 Å². The van der Waals surface area contributed by atoms with Gasteiger partial charge in [-0.3, -0.25) is 4.68 Å². The summed E-state index contributed by atoms with van der Waals surface area (Å²) in [5, 5.41) is 4.16. The minimum Gasteiger partial charge on any atom is -0.465 e. The van der Waals surface area contributed by atoms with Crippen LogP contribution in [0.4, 0.5) is 0 Å². The predicted octanol–water partition coefficient (Wildman–Crippen LogP) is 0.905. The monoisotopic (exact) mass is 237 g/mol. The van der Waals surface area contributed by atoms with Crippen molar-refractivity contribution in [2.75, 3.05) is 13.7 Å². The third kappa shape index (κ3) is 1.65. The minimum absolute atomic E-state index is 0.130. The van der Waals surface area contributed by atoms with E-state index in [2.05, 4.69) is 18.9 Å². The van der Waals surface area contributed by atoms with Gasteiger partial charge in [-0.05, 0) is 17.9 Å². The quantitative estimate of drug-likeness (QED) is 0.793. The Morgan fingerprint density at radius 3 is 2.76 bits per heavy atom. The zero-order valence-electron chi connectivity index (χ0n) is 10.7. The second kappa shape index (κ2) is 3.84. The second-order valence-corrected chi connectivity index (χ2v) is 5.20. The van der Waals surface area contributed by atoms with Crippen LogP contribution < -0.4 is 5.73 Å². The Hall–Kier alpha value is -1.36. The van der Waals surface area contributed by atoms with Crippen LogP contribution in [0.1, 0.15) is 35.8 Å². The van der Waals surface area contributed by atoms with Gasteiger partial charge in [0, 0.05) is 13.0 Å². The van der Waals surface area contributed by atoms with Gasteiger partial charge in [0.1, 0.15) is 5.56 Å². The number of aryl methyl sites for hydroxylation is 1. The summed E-state index contributed by atoms with van der Waals surface area (Å²) in [6, 6.07) is 0. The standard InChI is InChI=1S/C12H19N3O2/c1-12(2)8(5-13)9(12)10-7(11(16)17-4)6-14-15(10)3/h6,8-9H,5,13H2,1-4H3/t8-,9+/m1/s1. The molecule has 2 atom stereocenters. The van der Waals surface area contributed by atoms with Crippen LogP contribution in [0, 0.1) is 11.3 Å². The highest BCUT2D eigenvalue weighted by atomic mass is 16.5. The second-order valence-electron chi connectivity index (χ2n) is 5.20. The Labute approximate surface area is 101 Å². The average Bonchev–Trinajstić information content (AvgIpc) is 2.63. The number of carbonyl (C=O) groups is 1. The van der Waals surface area contributed by atoms with Gasteiger partial charge in [0.05, 0.1) is 19.0 Å². The molecule has 0 unspecified atom stereocenters. The third-order valence-electron chi connectivity index (χ3n) is 3.99. The SMILES string of the molecule is COC(=O)c1cnn(C)c1[C@@H]1[C@@H](CN)C1(C)C. The summed E-state index contributed by atoms with van der Waals surface area (Å²) >= 11 is 0. The maximum Gasteiger partial charge on any atom is 0.341 e. The van der Waals surface area contributed by atoms with Gasteiger partial charge < -0.3 is 10.5 Å². The van der Waals surface area contributed by atoms with Gasteiger partial charge in [-0.15, -0.1) is 0 Å². The number of hydrogen-bond acceptors (Lipinski definition) is 4. The molecule has 0 amide bonds. The lowest BCUT2D eigenvalue weighted by atomic mass is 10.0. The lowest BCUT2D eigenvalue weighted by Gasteiger charge is -2.06. The van der Waals surface area contributed by atoms with E-state index in [1.165, 1.54) is 7.11 Å². The molecule has 2 rings (SSSR count). The molecular weight excluding hydrogens is 218 g/mol. The molecule has 1 heterocycles. The summed E-state index contributed by atoms with van der Waals surface area (Å²) in [7, 11) is 3.24. The van der Waals surface area contributed by atoms with Crippen LogP contribution >= 0.6 is 0 Å². The number of carbonyl (C=O) groups excluding carboxylic acids is 1. The highest BCUT2D eigenvalue weighted by Crippen LogP contribution is 2.64. The molecular formula is C12H19N3O2. The minimum atomic E-state index is -0.327. The maximum absolute atomic E-state index is 11.7. The molecule has 94 valence electrons. The van der Waals surface area contributed by atoms with E-state index >= 15 is 0 Å². The molecule has 1 aliphatic carbocycles. The van der Waals surface area contributed by atoms with Crippen LogP contribution in [0.3, 0.4) is 0 Å². The third-order valence-corrected chi connectivity index (χ3v) is 3.99. The Balaban J connectivity index is 2.40. The topological polar surface area (TPSA) is 70.1 Å². The zero-order chi connectivity index (χ0) is 12.8. The van der Waals surface area contributed by atoms with Gasteiger partial charge in [0.25, 0.3) is 0 Å². The summed E-state index contributed by atoms with van der Waals surface area (Å²) in [5.41, 5.74) is 7.40. The number of methoxy groups -OCH3 is 1. The normalized spacial score (nSPS) is 25.7. The number of hydrogen-bond donors (Lipinski definition) is 1. The molecule has 5 heteroatoms. The van der Waals surface area contributed by atoms with Gasteiger partial charge in [-0.2, -0.15) is 5.10 Å². The Morgan fingerprint density at radius 2 is 2.29 bits per heavy atom. The van der Waals surface area contributed by atoms with Crippen molar-refractivity contribution in [2.24, 2.45) is 24.1 Å². The van der Waals surface area contributed by atoms with Gasteiger partial charge in [-0.1, -0.05) is 13.8 Å². The predicted molar refractivity (Wildman–Crippen MR) is 63.6 cm³/mol. The summed E-state index contributed by atoms with van der Waals surface area (Å²) in [4.78, 5) is 11.7. The van der Waals surface area contributed by atoms with Crippen LogP contribution in [0.5, 0.6) is 0 Å². The van der Waals surface area contributed by atoms with Crippen molar-refractivity contribution in [3.63, 3.8) is 0 Å². The van der Waals surface area contributed by atoms with E-state index < -0.39 is 0 Å². The van der Waals surface area contributed by atoms with Crippen molar-refractivity contribution < 1.29 is 9.53 Å². The Kier molecular flexibility index (Phi) is 2.73. The highest BCUT2D eigenvalue weighted by Gasteiger charge is 2.59. The van der Waals surface area contributed by atoms with Crippen molar-refractivity contribution in [1.29, 1.82) is 0 Å². The fourth-order valence-corrected chi connectivity index (χ4v) is 2.81. The molecule has 0 aromatic carbocycles. The average molecular weight is 237 g/mol. The van der Waals surface area contributed by atoms with E-state index in [9.17, 15) is 4.79 Å². The molecule has 0 radical (unpaired) electrons. The molecule has 1 aromatic heterocycles. The summed E-state index contributed by atoms with van der Waals surface area (Å²) in [6.07, 6.45) is 1.57. The molecule has 1 saturated carbocycles.